The van der Waals surface area contributed by atoms with Crippen LogP contribution in [0.3, 0.4) is 0 Å². The number of urea groups is 1. The van der Waals surface area contributed by atoms with Gasteiger partial charge in [-0.25, -0.2) is 4.79 Å². The van der Waals surface area contributed by atoms with Gasteiger partial charge in [0, 0.05) is 31.1 Å². The van der Waals surface area contributed by atoms with Gasteiger partial charge in [0.15, 0.2) is 0 Å². The largest absolute Gasteiger partial charge is 0.481 e. The number of hydrogen-bond acceptors (Lipinski definition) is 3. The van der Waals surface area contributed by atoms with Gasteiger partial charge < -0.3 is 14.9 Å². The molecule has 3 atom stereocenters. The van der Waals surface area contributed by atoms with Crippen molar-refractivity contribution in [3.05, 3.63) is 0 Å². The van der Waals surface area contributed by atoms with Crippen LogP contribution in [-0.2, 0) is 4.79 Å². The van der Waals surface area contributed by atoms with Gasteiger partial charge in [-0.05, 0) is 18.8 Å². The average molecular weight is 314 g/mol. The molecule has 2 amide bonds. The predicted octanol–water partition coefficient (Wildman–Crippen LogP) is 2.51. The van der Waals surface area contributed by atoms with Crippen LogP contribution in [-0.4, -0.2) is 64.1 Å². The molecule has 1 aliphatic heterocycles. The van der Waals surface area contributed by atoms with E-state index in [1.807, 2.05) is 11.9 Å². The zero-order valence-electron chi connectivity index (χ0n) is 13.0. The van der Waals surface area contributed by atoms with Crippen LogP contribution in [0, 0.1) is 5.92 Å². The third kappa shape index (κ3) is 4.05. The first kappa shape index (κ1) is 16.5. The molecule has 0 spiro atoms. The molecular formula is C15H26N2O3S. The van der Waals surface area contributed by atoms with Crippen molar-refractivity contribution in [3.8, 4) is 0 Å². The van der Waals surface area contributed by atoms with Crippen molar-refractivity contribution < 1.29 is 14.7 Å². The fourth-order valence-corrected chi connectivity index (χ4v) is 4.56. The molecule has 0 bridgehead atoms. The molecule has 2 fully saturated rings. The minimum absolute atomic E-state index is 0.0142. The molecule has 120 valence electrons. The Morgan fingerprint density at radius 2 is 2.05 bits per heavy atom. The van der Waals surface area contributed by atoms with Gasteiger partial charge in [0.05, 0.1) is 12.5 Å². The molecule has 3 unspecified atom stereocenters. The average Bonchev–Trinajstić information content (AvgIpc) is 2.46. The van der Waals surface area contributed by atoms with Crippen molar-refractivity contribution in [1.82, 2.24) is 9.80 Å². The molecule has 2 rings (SSSR count). The van der Waals surface area contributed by atoms with Crippen molar-refractivity contribution in [2.75, 3.05) is 25.1 Å². The van der Waals surface area contributed by atoms with Crippen molar-refractivity contribution in [2.24, 2.45) is 5.92 Å². The quantitative estimate of drug-likeness (QED) is 0.869. The summed E-state index contributed by atoms with van der Waals surface area (Å²) in [6.45, 7) is 2.88. The molecule has 5 nitrogen and oxygen atoms in total. The maximum Gasteiger partial charge on any atom is 0.320 e. The van der Waals surface area contributed by atoms with Gasteiger partial charge in [0.1, 0.15) is 0 Å². The summed E-state index contributed by atoms with van der Waals surface area (Å²) in [5.41, 5.74) is 0. The Balaban J connectivity index is 2.03. The molecule has 1 aliphatic carbocycles. The summed E-state index contributed by atoms with van der Waals surface area (Å²) in [5, 5.41) is 9.03. The summed E-state index contributed by atoms with van der Waals surface area (Å²) in [6, 6.07) is 0.140. The van der Waals surface area contributed by atoms with Gasteiger partial charge in [0.2, 0.25) is 0 Å². The van der Waals surface area contributed by atoms with Crippen LogP contribution in [0.4, 0.5) is 4.79 Å². The number of amides is 2. The van der Waals surface area contributed by atoms with Crippen LogP contribution >= 0.6 is 11.8 Å². The van der Waals surface area contributed by atoms with E-state index in [0.29, 0.717) is 18.5 Å². The fraction of sp³-hybridized carbons (Fsp3) is 0.867. The summed E-state index contributed by atoms with van der Waals surface area (Å²) >= 11 is 1.74. The monoisotopic (exact) mass is 314 g/mol. The molecule has 1 heterocycles. The van der Waals surface area contributed by atoms with Crippen molar-refractivity contribution in [1.29, 1.82) is 0 Å². The molecule has 2 aliphatic rings. The Bertz CT molecular complexity index is 391. The maximum absolute atomic E-state index is 12.8. The molecule has 0 radical (unpaired) electrons. The number of aliphatic carboxylic acids is 1. The second-order valence-corrected chi connectivity index (χ2v) is 7.39. The topological polar surface area (TPSA) is 60.9 Å². The van der Waals surface area contributed by atoms with Gasteiger partial charge in [-0.15, -0.1) is 0 Å². The van der Waals surface area contributed by atoms with Gasteiger partial charge in [0.25, 0.3) is 0 Å². The first-order chi connectivity index (χ1) is 10.0. The summed E-state index contributed by atoms with van der Waals surface area (Å²) < 4.78 is 0. The lowest BCUT2D eigenvalue weighted by Gasteiger charge is -2.42. The van der Waals surface area contributed by atoms with Crippen molar-refractivity contribution >= 4 is 23.8 Å². The van der Waals surface area contributed by atoms with E-state index >= 15 is 0 Å². The van der Waals surface area contributed by atoms with E-state index in [1.165, 1.54) is 19.3 Å². The first-order valence-corrected chi connectivity index (χ1v) is 8.99. The normalized spacial score (nSPS) is 30.0. The van der Waals surface area contributed by atoms with E-state index < -0.39 is 5.97 Å². The highest BCUT2D eigenvalue weighted by molar-refractivity contribution is 7.99. The summed E-state index contributed by atoms with van der Waals surface area (Å²) in [6.07, 6.45) is 4.72. The number of hydrogen-bond donors (Lipinski definition) is 1. The summed E-state index contributed by atoms with van der Waals surface area (Å²) in [4.78, 5) is 27.4. The van der Waals surface area contributed by atoms with Crippen molar-refractivity contribution in [2.45, 2.75) is 51.1 Å². The number of nitrogens with zero attached hydrogens (tertiary/aromatic N) is 2. The molecule has 1 N–H and O–H groups in total. The van der Waals surface area contributed by atoms with E-state index in [2.05, 4.69) is 6.92 Å². The summed E-state index contributed by atoms with van der Waals surface area (Å²) in [7, 11) is 1.88. The lowest BCUT2D eigenvalue weighted by molar-refractivity contribution is -0.138. The van der Waals surface area contributed by atoms with E-state index in [4.69, 9.17) is 5.11 Å². The number of thioether (sulfide) groups is 1. The molecule has 0 aromatic rings. The number of carboxylic acid groups (broad SMARTS) is 1. The second kappa shape index (κ2) is 7.38. The number of rotatable bonds is 3. The second-order valence-electron chi connectivity index (χ2n) is 6.24. The van der Waals surface area contributed by atoms with Crippen LogP contribution in [0.1, 0.15) is 39.0 Å². The van der Waals surface area contributed by atoms with Gasteiger partial charge in [-0.1, -0.05) is 19.8 Å². The van der Waals surface area contributed by atoms with Crippen LogP contribution in [0.25, 0.3) is 0 Å². The number of carboxylic acids is 1. The third-order valence-electron chi connectivity index (χ3n) is 4.75. The highest BCUT2D eigenvalue weighted by Crippen LogP contribution is 2.29. The zero-order valence-corrected chi connectivity index (χ0v) is 13.8. The Morgan fingerprint density at radius 3 is 2.71 bits per heavy atom. The smallest absolute Gasteiger partial charge is 0.320 e. The SMILES string of the molecule is CC1CCCCC1N(C)C(=O)N1CCSCC1CC(=O)O. The lowest BCUT2D eigenvalue weighted by Crippen LogP contribution is -2.55. The van der Waals surface area contributed by atoms with Gasteiger partial charge in [-0.3, -0.25) is 4.79 Å². The van der Waals surface area contributed by atoms with Crippen LogP contribution < -0.4 is 0 Å². The van der Waals surface area contributed by atoms with Crippen molar-refractivity contribution in [3.63, 3.8) is 0 Å². The Kier molecular flexibility index (Phi) is 5.79. The lowest BCUT2D eigenvalue weighted by atomic mass is 9.85. The molecule has 21 heavy (non-hydrogen) atoms. The highest BCUT2D eigenvalue weighted by atomic mass is 32.2. The van der Waals surface area contributed by atoms with Gasteiger partial charge >= 0.3 is 12.0 Å². The van der Waals surface area contributed by atoms with E-state index in [1.54, 1.807) is 16.7 Å². The summed E-state index contributed by atoms with van der Waals surface area (Å²) in [5.74, 6) is 1.33. The maximum atomic E-state index is 12.8. The Hall–Kier alpha value is -0.910. The molecule has 1 saturated carbocycles. The van der Waals surface area contributed by atoms with Crippen LogP contribution in [0.15, 0.2) is 0 Å². The van der Waals surface area contributed by atoms with E-state index in [-0.39, 0.29) is 18.5 Å². The van der Waals surface area contributed by atoms with Crippen LogP contribution in [0.2, 0.25) is 0 Å². The highest BCUT2D eigenvalue weighted by Gasteiger charge is 2.35. The first-order valence-electron chi connectivity index (χ1n) is 7.83. The van der Waals surface area contributed by atoms with Gasteiger partial charge in [-0.2, -0.15) is 11.8 Å². The molecule has 0 aromatic heterocycles. The zero-order chi connectivity index (χ0) is 15.4. The molecule has 1 saturated heterocycles. The minimum atomic E-state index is -0.825. The van der Waals surface area contributed by atoms with Crippen LogP contribution in [0.5, 0.6) is 0 Å². The van der Waals surface area contributed by atoms with E-state index in [9.17, 15) is 9.59 Å². The Labute approximate surface area is 131 Å². The predicted molar refractivity (Wildman–Crippen MR) is 84.7 cm³/mol. The molecule has 0 aromatic carbocycles. The fourth-order valence-electron chi connectivity index (χ4n) is 3.49. The standard InChI is InChI=1S/C15H26N2O3S/c1-11-5-3-4-6-13(11)16(2)15(20)17-7-8-21-10-12(17)9-14(18)19/h11-13H,3-10H2,1-2H3,(H,18,19). The minimum Gasteiger partial charge on any atom is -0.481 e. The number of carbonyl (C=O) groups excluding carboxylic acids is 1. The number of carbonyl (C=O) groups is 2. The molecule has 6 heteroatoms. The molecular weight excluding hydrogens is 288 g/mol. The van der Waals surface area contributed by atoms with E-state index in [0.717, 1.165) is 17.9 Å². The third-order valence-corrected chi connectivity index (χ3v) is 5.84. The Morgan fingerprint density at radius 1 is 1.33 bits per heavy atom.